The van der Waals surface area contributed by atoms with Gasteiger partial charge in [0.05, 0.1) is 0 Å². The van der Waals surface area contributed by atoms with Gasteiger partial charge < -0.3 is 16.0 Å². The van der Waals surface area contributed by atoms with Crippen molar-refractivity contribution in [2.24, 2.45) is 11.1 Å². The average Bonchev–Trinajstić information content (AvgIpc) is 2.54. The maximum Gasteiger partial charge on any atom is 0.317 e. The molecule has 3 N–H and O–H groups in total. The van der Waals surface area contributed by atoms with Crippen molar-refractivity contribution in [2.45, 2.75) is 45.6 Å². The smallest absolute Gasteiger partial charge is 0.317 e. The van der Waals surface area contributed by atoms with Crippen LogP contribution in [0, 0.1) is 5.41 Å². The van der Waals surface area contributed by atoms with Gasteiger partial charge in [0, 0.05) is 19.1 Å². The number of nitrogens with two attached hydrogens (primary N) is 1. The molecule has 122 valence electrons. The fraction of sp³-hybridized carbons (Fsp3) is 0.611. The van der Waals surface area contributed by atoms with E-state index in [0.29, 0.717) is 6.54 Å². The number of hydrogen-bond acceptors (Lipinski definition) is 2. The van der Waals surface area contributed by atoms with Crippen LogP contribution in [0.25, 0.3) is 0 Å². The number of rotatable bonds is 5. The Hall–Kier alpha value is -1.55. The second-order valence-electron chi connectivity index (χ2n) is 6.78. The number of amides is 2. The maximum absolute atomic E-state index is 12.1. The van der Waals surface area contributed by atoms with E-state index >= 15 is 0 Å². The van der Waals surface area contributed by atoms with Crippen LogP contribution in [0.15, 0.2) is 30.3 Å². The van der Waals surface area contributed by atoms with Gasteiger partial charge >= 0.3 is 6.03 Å². The zero-order chi connectivity index (χ0) is 16.0. The van der Waals surface area contributed by atoms with Gasteiger partial charge in [0.15, 0.2) is 0 Å². The summed E-state index contributed by atoms with van der Waals surface area (Å²) in [7, 11) is 0. The predicted molar refractivity (Wildman–Crippen MR) is 90.7 cm³/mol. The van der Waals surface area contributed by atoms with Crippen molar-refractivity contribution in [3.63, 3.8) is 0 Å². The van der Waals surface area contributed by atoms with Gasteiger partial charge in [-0.1, -0.05) is 30.3 Å². The van der Waals surface area contributed by atoms with E-state index < -0.39 is 0 Å². The van der Waals surface area contributed by atoms with Crippen molar-refractivity contribution in [3.8, 4) is 0 Å². The first-order chi connectivity index (χ1) is 10.5. The van der Waals surface area contributed by atoms with Crippen LogP contribution in [0.4, 0.5) is 4.79 Å². The minimum Gasteiger partial charge on any atom is -0.336 e. The molecule has 0 atom stereocenters. The first-order valence-electron chi connectivity index (χ1n) is 8.34. The van der Waals surface area contributed by atoms with E-state index in [1.165, 1.54) is 5.56 Å². The van der Waals surface area contributed by atoms with E-state index in [1.54, 1.807) is 0 Å². The number of carbonyl (C=O) groups excluding carboxylic acids is 1. The molecule has 1 saturated heterocycles. The highest BCUT2D eigenvalue weighted by atomic mass is 16.2. The van der Waals surface area contributed by atoms with Gasteiger partial charge in [-0.2, -0.15) is 0 Å². The van der Waals surface area contributed by atoms with Gasteiger partial charge in [-0.15, -0.1) is 0 Å². The molecule has 1 fully saturated rings. The fourth-order valence-electron chi connectivity index (χ4n) is 3.13. The molecular weight excluding hydrogens is 274 g/mol. The van der Waals surface area contributed by atoms with Gasteiger partial charge in [-0.05, 0) is 57.1 Å². The summed E-state index contributed by atoms with van der Waals surface area (Å²) in [5.41, 5.74) is 7.64. The summed E-state index contributed by atoms with van der Waals surface area (Å²) in [5, 5.41) is 2.97. The second-order valence-corrected chi connectivity index (χ2v) is 6.78. The molecule has 2 amide bonds. The molecule has 1 aliphatic heterocycles. The fourth-order valence-corrected chi connectivity index (χ4v) is 3.13. The van der Waals surface area contributed by atoms with Gasteiger partial charge in [-0.3, -0.25) is 0 Å². The second kappa shape index (κ2) is 7.63. The lowest BCUT2D eigenvalue weighted by Crippen LogP contribution is -2.50. The van der Waals surface area contributed by atoms with E-state index in [1.807, 2.05) is 24.8 Å². The summed E-state index contributed by atoms with van der Waals surface area (Å²) in [4.78, 5) is 14.0. The largest absolute Gasteiger partial charge is 0.336 e. The summed E-state index contributed by atoms with van der Waals surface area (Å²) in [6.07, 6.45) is 4.17. The number of carbonyl (C=O) groups is 1. The SMILES string of the molecule is CC(C)NC(=O)N1CCC(CN)(CCc2ccccc2)CC1. The molecule has 0 bridgehead atoms. The van der Waals surface area contributed by atoms with Crippen LogP contribution in [-0.4, -0.2) is 36.6 Å². The molecule has 0 saturated carbocycles. The molecule has 0 aromatic heterocycles. The number of hydrogen-bond donors (Lipinski definition) is 2. The van der Waals surface area contributed by atoms with E-state index in [0.717, 1.165) is 38.8 Å². The normalized spacial score (nSPS) is 17.5. The first kappa shape index (κ1) is 16.8. The summed E-state index contributed by atoms with van der Waals surface area (Å²) in [6.45, 7) is 6.31. The predicted octanol–water partition coefficient (Wildman–Crippen LogP) is 2.78. The number of likely N-dealkylation sites (tertiary alicyclic amines) is 1. The highest BCUT2D eigenvalue weighted by Crippen LogP contribution is 2.35. The third-order valence-corrected chi connectivity index (χ3v) is 4.74. The molecule has 0 unspecified atom stereocenters. The van der Waals surface area contributed by atoms with Crippen LogP contribution in [0.2, 0.25) is 0 Å². The van der Waals surface area contributed by atoms with Crippen LogP contribution < -0.4 is 11.1 Å². The lowest BCUT2D eigenvalue weighted by atomic mass is 9.74. The number of piperidine rings is 1. The molecule has 1 aromatic rings. The molecule has 1 aliphatic rings. The minimum atomic E-state index is 0.0590. The third-order valence-electron chi connectivity index (χ3n) is 4.74. The monoisotopic (exact) mass is 303 g/mol. The van der Waals surface area contributed by atoms with Crippen LogP contribution in [-0.2, 0) is 6.42 Å². The number of benzene rings is 1. The summed E-state index contributed by atoms with van der Waals surface area (Å²) in [5.74, 6) is 0. The van der Waals surface area contributed by atoms with Crippen molar-refractivity contribution < 1.29 is 4.79 Å². The van der Waals surface area contributed by atoms with Gasteiger partial charge in [0.25, 0.3) is 0 Å². The van der Waals surface area contributed by atoms with Crippen molar-refractivity contribution in [3.05, 3.63) is 35.9 Å². The number of nitrogens with zero attached hydrogens (tertiary/aromatic N) is 1. The molecule has 22 heavy (non-hydrogen) atoms. The molecule has 4 heteroatoms. The van der Waals surface area contributed by atoms with Gasteiger partial charge in [0.1, 0.15) is 0 Å². The zero-order valence-corrected chi connectivity index (χ0v) is 13.8. The van der Waals surface area contributed by atoms with Crippen LogP contribution in [0.3, 0.4) is 0 Å². The minimum absolute atomic E-state index is 0.0590. The Labute approximate surface area is 134 Å². The Kier molecular flexibility index (Phi) is 5.83. The standard InChI is InChI=1S/C18H29N3O/c1-15(2)20-17(22)21-12-10-18(14-19,11-13-21)9-8-16-6-4-3-5-7-16/h3-7,15H,8-14,19H2,1-2H3,(H,20,22). The van der Waals surface area contributed by atoms with E-state index in [4.69, 9.17) is 5.73 Å². The van der Waals surface area contributed by atoms with Crippen LogP contribution in [0.5, 0.6) is 0 Å². The Balaban J connectivity index is 1.87. The Morgan fingerprint density at radius 3 is 2.45 bits per heavy atom. The number of urea groups is 1. The summed E-state index contributed by atoms with van der Waals surface area (Å²) in [6, 6.07) is 10.8. The average molecular weight is 303 g/mol. The quantitative estimate of drug-likeness (QED) is 0.879. The first-order valence-corrected chi connectivity index (χ1v) is 8.34. The highest BCUT2D eigenvalue weighted by molar-refractivity contribution is 5.74. The van der Waals surface area contributed by atoms with Crippen LogP contribution >= 0.6 is 0 Å². The van der Waals surface area contributed by atoms with E-state index in [2.05, 4.69) is 29.6 Å². The van der Waals surface area contributed by atoms with E-state index in [9.17, 15) is 4.79 Å². The third kappa shape index (κ3) is 4.47. The van der Waals surface area contributed by atoms with Crippen molar-refractivity contribution >= 4 is 6.03 Å². The molecule has 0 spiro atoms. The Morgan fingerprint density at radius 2 is 1.91 bits per heavy atom. The van der Waals surface area contributed by atoms with Crippen molar-refractivity contribution in [1.29, 1.82) is 0 Å². The molecule has 2 rings (SSSR count). The summed E-state index contributed by atoms with van der Waals surface area (Å²) < 4.78 is 0. The number of nitrogens with one attached hydrogen (secondary N) is 1. The lowest BCUT2D eigenvalue weighted by Gasteiger charge is -2.41. The van der Waals surface area contributed by atoms with Gasteiger partial charge in [-0.25, -0.2) is 4.79 Å². The zero-order valence-electron chi connectivity index (χ0n) is 13.8. The van der Waals surface area contributed by atoms with Gasteiger partial charge in [0.2, 0.25) is 0 Å². The molecule has 4 nitrogen and oxygen atoms in total. The van der Waals surface area contributed by atoms with Crippen molar-refractivity contribution in [2.75, 3.05) is 19.6 Å². The van der Waals surface area contributed by atoms with Crippen LogP contribution in [0.1, 0.15) is 38.7 Å². The molecule has 0 aliphatic carbocycles. The maximum atomic E-state index is 12.1. The van der Waals surface area contributed by atoms with E-state index in [-0.39, 0.29) is 17.5 Å². The topological polar surface area (TPSA) is 58.4 Å². The molecule has 1 heterocycles. The Bertz CT molecular complexity index is 464. The lowest BCUT2D eigenvalue weighted by molar-refractivity contribution is 0.113. The Morgan fingerprint density at radius 1 is 1.27 bits per heavy atom. The van der Waals surface area contributed by atoms with Crippen molar-refractivity contribution in [1.82, 2.24) is 10.2 Å². The highest BCUT2D eigenvalue weighted by Gasteiger charge is 2.34. The molecule has 1 aromatic carbocycles. The molecule has 0 radical (unpaired) electrons. The summed E-state index contributed by atoms with van der Waals surface area (Å²) >= 11 is 0. The molecular formula is C18H29N3O. The number of aryl methyl sites for hydroxylation is 1.